The lowest BCUT2D eigenvalue weighted by Crippen LogP contribution is -2.49. The van der Waals surface area contributed by atoms with Crippen molar-refractivity contribution in [1.29, 1.82) is 0 Å². The maximum Gasteiger partial charge on any atom is 0.122 e. The summed E-state index contributed by atoms with van der Waals surface area (Å²) in [5.41, 5.74) is 0. The fourth-order valence-corrected chi connectivity index (χ4v) is 3.35. The third-order valence-electron chi connectivity index (χ3n) is 4.71. The average molecular weight is 292 g/mol. The summed E-state index contributed by atoms with van der Waals surface area (Å²) in [6, 6.07) is 0. The molecule has 2 aliphatic heterocycles. The van der Waals surface area contributed by atoms with Crippen molar-refractivity contribution < 1.29 is 4.74 Å². The largest absolute Gasteiger partial charge is 0.377 e. The van der Waals surface area contributed by atoms with Crippen LogP contribution in [0.4, 0.5) is 0 Å². The molecule has 3 heterocycles. The second-order valence-corrected chi connectivity index (χ2v) is 6.19. The molecule has 0 spiro atoms. The number of imidazole rings is 1. The molecule has 118 valence electrons. The van der Waals surface area contributed by atoms with Crippen molar-refractivity contribution >= 4 is 0 Å². The van der Waals surface area contributed by atoms with Crippen LogP contribution in [-0.2, 0) is 17.8 Å². The van der Waals surface area contributed by atoms with Gasteiger partial charge in [-0.25, -0.2) is 4.98 Å². The molecule has 0 radical (unpaired) electrons. The molecule has 1 unspecified atom stereocenters. The molecule has 5 nitrogen and oxygen atoms in total. The van der Waals surface area contributed by atoms with Gasteiger partial charge in [0.15, 0.2) is 0 Å². The van der Waals surface area contributed by atoms with Gasteiger partial charge in [-0.3, -0.25) is 9.80 Å². The Morgan fingerprint density at radius 3 is 2.71 bits per heavy atom. The summed E-state index contributed by atoms with van der Waals surface area (Å²) in [5.74, 6) is 1.20. The lowest BCUT2D eigenvalue weighted by atomic mass is 10.1. The zero-order valence-corrected chi connectivity index (χ0v) is 13.2. The topological polar surface area (TPSA) is 33.5 Å². The number of piperazine rings is 1. The van der Waals surface area contributed by atoms with Crippen LogP contribution in [0, 0.1) is 0 Å². The minimum Gasteiger partial charge on any atom is -0.377 e. The number of aromatic nitrogens is 2. The molecule has 0 bridgehead atoms. The number of aryl methyl sites for hydroxylation is 1. The van der Waals surface area contributed by atoms with E-state index in [2.05, 4.69) is 32.5 Å². The molecule has 21 heavy (non-hydrogen) atoms. The van der Waals surface area contributed by atoms with Gasteiger partial charge in [0.25, 0.3) is 0 Å². The van der Waals surface area contributed by atoms with Crippen LogP contribution in [0.3, 0.4) is 0 Å². The van der Waals surface area contributed by atoms with E-state index < -0.39 is 0 Å². The van der Waals surface area contributed by atoms with Crippen molar-refractivity contribution in [3.8, 4) is 0 Å². The lowest BCUT2D eigenvalue weighted by Gasteiger charge is -2.37. The van der Waals surface area contributed by atoms with Crippen LogP contribution in [0.25, 0.3) is 0 Å². The van der Waals surface area contributed by atoms with Crippen molar-refractivity contribution in [3.05, 3.63) is 18.2 Å². The van der Waals surface area contributed by atoms with Crippen LogP contribution in [0.15, 0.2) is 12.4 Å². The maximum absolute atomic E-state index is 5.85. The summed E-state index contributed by atoms with van der Waals surface area (Å²) in [7, 11) is 0. The Morgan fingerprint density at radius 2 is 2.00 bits per heavy atom. The molecule has 3 rings (SSSR count). The number of ether oxygens (including phenoxy) is 1. The average Bonchev–Trinajstić information content (AvgIpc) is 2.97. The summed E-state index contributed by atoms with van der Waals surface area (Å²) >= 11 is 0. The highest BCUT2D eigenvalue weighted by Crippen LogP contribution is 2.15. The van der Waals surface area contributed by atoms with Gasteiger partial charge in [0.05, 0.1) is 12.6 Å². The number of rotatable bonds is 5. The van der Waals surface area contributed by atoms with Crippen molar-refractivity contribution in [2.45, 2.75) is 45.4 Å². The highest BCUT2D eigenvalue weighted by atomic mass is 16.5. The van der Waals surface area contributed by atoms with E-state index >= 15 is 0 Å². The first-order valence-corrected chi connectivity index (χ1v) is 8.41. The molecule has 0 aromatic carbocycles. The fourth-order valence-electron chi connectivity index (χ4n) is 3.35. The molecule has 1 aromatic rings. The third-order valence-corrected chi connectivity index (χ3v) is 4.71. The number of hydrogen-bond donors (Lipinski definition) is 0. The van der Waals surface area contributed by atoms with Gasteiger partial charge in [-0.05, 0) is 26.2 Å². The van der Waals surface area contributed by atoms with E-state index in [-0.39, 0.29) is 0 Å². The summed E-state index contributed by atoms with van der Waals surface area (Å²) in [6.45, 7) is 10.9. The predicted molar refractivity (Wildman–Crippen MR) is 83.2 cm³/mol. The third kappa shape index (κ3) is 4.05. The smallest absolute Gasteiger partial charge is 0.122 e. The van der Waals surface area contributed by atoms with Gasteiger partial charge in [-0.15, -0.1) is 0 Å². The first-order valence-electron chi connectivity index (χ1n) is 8.41. The first kappa shape index (κ1) is 15.0. The Hall–Kier alpha value is -0.910. The van der Waals surface area contributed by atoms with Crippen molar-refractivity contribution in [3.63, 3.8) is 0 Å². The van der Waals surface area contributed by atoms with Gasteiger partial charge in [-0.1, -0.05) is 0 Å². The van der Waals surface area contributed by atoms with Crippen molar-refractivity contribution in [2.75, 3.05) is 39.3 Å². The van der Waals surface area contributed by atoms with Crippen molar-refractivity contribution in [2.24, 2.45) is 0 Å². The minimum atomic E-state index is 0.476. The van der Waals surface area contributed by atoms with Gasteiger partial charge in [0, 0.05) is 58.3 Å². The lowest BCUT2D eigenvalue weighted by molar-refractivity contribution is -0.0147. The summed E-state index contributed by atoms with van der Waals surface area (Å²) in [6.07, 6.45) is 8.29. The summed E-state index contributed by atoms with van der Waals surface area (Å²) in [4.78, 5) is 9.57. The van der Waals surface area contributed by atoms with E-state index in [4.69, 9.17) is 4.74 Å². The monoisotopic (exact) mass is 292 g/mol. The zero-order chi connectivity index (χ0) is 14.5. The van der Waals surface area contributed by atoms with Crippen LogP contribution < -0.4 is 0 Å². The molecule has 2 fully saturated rings. The summed E-state index contributed by atoms with van der Waals surface area (Å²) < 4.78 is 8.09. The molecule has 1 aromatic heterocycles. The summed E-state index contributed by atoms with van der Waals surface area (Å²) in [5, 5.41) is 0. The molecule has 2 aliphatic rings. The molecular formula is C16H28N4O. The predicted octanol–water partition coefficient (Wildman–Crippen LogP) is 1.59. The van der Waals surface area contributed by atoms with Gasteiger partial charge in [-0.2, -0.15) is 0 Å². The molecule has 0 N–H and O–H groups in total. The SMILES string of the molecule is CCn1ccnc1CN1CCN(CC2CCCCO2)CC1. The quantitative estimate of drug-likeness (QED) is 0.825. The number of nitrogens with zero attached hydrogens (tertiary/aromatic N) is 4. The molecule has 0 aliphatic carbocycles. The minimum absolute atomic E-state index is 0.476. The highest BCUT2D eigenvalue weighted by molar-refractivity contribution is 4.93. The fraction of sp³-hybridized carbons (Fsp3) is 0.812. The van der Waals surface area contributed by atoms with Crippen LogP contribution in [0.1, 0.15) is 32.0 Å². The second kappa shape index (κ2) is 7.38. The Labute approximate surface area is 127 Å². The first-order chi connectivity index (χ1) is 10.3. The van der Waals surface area contributed by atoms with Gasteiger partial charge in [0.2, 0.25) is 0 Å². The molecular weight excluding hydrogens is 264 g/mol. The van der Waals surface area contributed by atoms with Gasteiger partial charge >= 0.3 is 0 Å². The van der Waals surface area contributed by atoms with Gasteiger partial charge < -0.3 is 9.30 Å². The van der Waals surface area contributed by atoms with E-state index in [0.29, 0.717) is 6.10 Å². The van der Waals surface area contributed by atoms with Crippen molar-refractivity contribution in [1.82, 2.24) is 19.4 Å². The van der Waals surface area contributed by atoms with Crippen LogP contribution in [0.5, 0.6) is 0 Å². The van der Waals surface area contributed by atoms with E-state index in [1.165, 1.54) is 25.1 Å². The molecule has 2 saturated heterocycles. The normalized spacial score (nSPS) is 25.3. The van der Waals surface area contributed by atoms with E-state index in [1.807, 2.05) is 6.20 Å². The van der Waals surface area contributed by atoms with Crippen LogP contribution in [0.2, 0.25) is 0 Å². The molecule has 5 heteroatoms. The Balaban J connectivity index is 1.42. The zero-order valence-electron chi connectivity index (χ0n) is 13.2. The Bertz CT molecular complexity index is 420. The Morgan fingerprint density at radius 1 is 1.19 bits per heavy atom. The van der Waals surface area contributed by atoms with Crippen LogP contribution >= 0.6 is 0 Å². The van der Waals surface area contributed by atoms with Gasteiger partial charge in [0.1, 0.15) is 5.82 Å². The van der Waals surface area contributed by atoms with E-state index in [1.54, 1.807) is 0 Å². The molecule has 0 saturated carbocycles. The second-order valence-electron chi connectivity index (χ2n) is 6.19. The van der Waals surface area contributed by atoms with E-state index in [9.17, 15) is 0 Å². The highest BCUT2D eigenvalue weighted by Gasteiger charge is 2.22. The molecule has 0 amide bonds. The molecule has 1 atom stereocenters. The number of hydrogen-bond acceptors (Lipinski definition) is 4. The van der Waals surface area contributed by atoms with E-state index in [0.717, 1.165) is 52.4 Å². The van der Waals surface area contributed by atoms with Crippen LogP contribution in [-0.4, -0.2) is 64.8 Å². The maximum atomic E-state index is 5.85. The Kier molecular flexibility index (Phi) is 5.27. The standard InChI is InChI=1S/C16H28N4O/c1-2-20-7-6-17-16(20)14-19-10-8-18(9-11-19)13-15-5-3-4-12-21-15/h6-7,15H,2-5,8-14H2,1H3.